The summed E-state index contributed by atoms with van der Waals surface area (Å²) in [5.74, 6) is -2.70. The number of hydrogen-bond donors (Lipinski definition) is 2. The standard InChI is InChI=1S/C11H13N3O5/c1-19-10-7(3-2-4-13-10)11(18)14(5-8(12)15)6-9(16)17/h2-4H,5-6H2,1H3,(H2,12,15)(H,16,17). The molecule has 0 saturated heterocycles. The van der Waals surface area contributed by atoms with Gasteiger partial charge in [-0.3, -0.25) is 14.4 Å². The molecule has 8 nitrogen and oxygen atoms in total. The minimum absolute atomic E-state index is 0.0485. The van der Waals surface area contributed by atoms with Crippen LogP contribution in [0.25, 0.3) is 0 Å². The zero-order valence-electron chi connectivity index (χ0n) is 10.2. The minimum Gasteiger partial charge on any atom is -0.480 e. The van der Waals surface area contributed by atoms with E-state index in [4.69, 9.17) is 15.6 Å². The van der Waals surface area contributed by atoms with Crippen molar-refractivity contribution in [1.82, 2.24) is 9.88 Å². The number of nitrogens with two attached hydrogens (primary N) is 1. The number of carboxylic acids is 1. The van der Waals surface area contributed by atoms with E-state index in [0.717, 1.165) is 4.90 Å². The molecule has 0 aromatic carbocycles. The van der Waals surface area contributed by atoms with E-state index >= 15 is 0 Å². The molecule has 0 aliphatic heterocycles. The predicted octanol–water partition coefficient (Wildman–Crippen LogP) is -0.898. The van der Waals surface area contributed by atoms with Crippen LogP contribution in [-0.4, -0.2) is 53.0 Å². The zero-order valence-corrected chi connectivity index (χ0v) is 10.2. The van der Waals surface area contributed by atoms with Crippen molar-refractivity contribution >= 4 is 17.8 Å². The number of carbonyl (C=O) groups is 3. The fraction of sp³-hybridized carbons (Fsp3) is 0.273. The molecule has 1 rings (SSSR count). The SMILES string of the molecule is COc1ncccc1C(=O)N(CC(N)=O)CC(=O)O. The van der Waals surface area contributed by atoms with Crippen LogP contribution in [0, 0.1) is 0 Å². The van der Waals surface area contributed by atoms with E-state index in [1.165, 1.54) is 25.4 Å². The molecule has 1 heterocycles. The van der Waals surface area contributed by atoms with E-state index in [1.807, 2.05) is 0 Å². The summed E-state index contributed by atoms with van der Waals surface area (Å²) in [5.41, 5.74) is 5.05. The zero-order chi connectivity index (χ0) is 14.4. The molecule has 1 aromatic rings. The molecular weight excluding hydrogens is 254 g/mol. The van der Waals surface area contributed by atoms with Gasteiger partial charge in [0.05, 0.1) is 7.11 Å². The van der Waals surface area contributed by atoms with Crippen molar-refractivity contribution < 1.29 is 24.2 Å². The van der Waals surface area contributed by atoms with Gasteiger partial charge >= 0.3 is 5.97 Å². The van der Waals surface area contributed by atoms with Crippen molar-refractivity contribution in [2.75, 3.05) is 20.2 Å². The number of carbonyl (C=O) groups excluding carboxylic acids is 2. The predicted molar refractivity (Wildman–Crippen MR) is 63.5 cm³/mol. The molecule has 19 heavy (non-hydrogen) atoms. The van der Waals surface area contributed by atoms with Crippen molar-refractivity contribution in [2.45, 2.75) is 0 Å². The van der Waals surface area contributed by atoms with Crippen LogP contribution in [0.1, 0.15) is 10.4 Å². The number of aromatic nitrogens is 1. The largest absolute Gasteiger partial charge is 0.480 e. The van der Waals surface area contributed by atoms with Crippen molar-refractivity contribution in [3.05, 3.63) is 23.9 Å². The summed E-state index contributed by atoms with van der Waals surface area (Å²) in [6.07, 6.45) is 1.42. The van der Waals surface area contributed by atoms with Gasteiger partial charge in [0.25, 0.3) is 5.91 Å². The maximum atomic E-state index is 12.1. The smallest absolute Gasteiger partial charge is 0.323 e. The summed E-state index contributed by atoms with van der Waals surface area (Å²) in [6, 6.07) is 2.92. The van der Waals surface area contributed by atoms with Crippen LogP contribution in [0.2, 0.25) is 0 Å². The normalized spacial score (nSPS) is 9.74. The van der Waals surface area contributed by atoms with Crippen molar-refractivity contribution in [2.24, 2.45) is 5.73 Å². The van der Waals surface area contributed by atoms with Crippen LogP contribution in [0.15, 0.2) is 18.3 Å². The quantitative estimate of drug-likeness (QED) is 0.688. The van der Waals surface area contributed by atoms with Gasteiger partial charge in [-0.25, -0.2) is 4.98 Å². The number of pyridine rings is 1. The number of aliphatic carboxylic acids is 1. The summed E-state index contributed by atoms with van der Waals surface area (Å²) < 4.78 is 4.90. The molecule has 0 spiro atoms. The third-order valence-corrected chi connectivity index (χ3v) is 2.15. The van der Waals surface area contributed by atoms with Gasteiger partial charge in [0.15, 0.2) is 0 Å². The molecule has 2 amide bonds. The topological polar surface area (TPSA) is 123 Å². The Morgan fingerprint density at radius 3 is 2.63 bits per heavy atom. The Morgan fingerprint density at radius 2 is 2.11 bits per heavy atom. The summed E-state index contributed by atoms with van der Waals surface area (Å²) in [7, 11) is 1.33. The molecule has 0 bridgehead atoms. The Hall–Kier alpha value is -2.64. The first kappa shape index (κ1) is 14.4. The van der Waals surface area contributed by atoms with E-state index in [0.29, 0.717) is 0 Å². The van der Waals surface area contributed by atoms with Gasteiger partial charge in [-0.1, -0.05) is 0 Å². The highest BCUT2D eigenvalue weighted by Crippen LogP contribution is 2.15. The van der Waals surface area contributed by atoms with Crippen molar-refractivity contribution in [3.63, 3.8) is 0 Å². The molecule has 8 heteroatoms. The van der Waals surface area contributed by atoms with Gasteiger partial charge in [0.2, 0.25) is 11.8 Å². The first-order valence-corrected chi connectivity index (χ1v) is 5.24. The van der Waals surface area contributed by atoms with Gasteiger partial charge in [-0.05, 0) is 12.1 Å². The Balaban J connectivity index is 3.04. The molecule has 3 N–H and O–H groups in total. The Labute approximate surface area is 108 Å². The molecule has 0 aliphatic rings. The number of nitrogens with zero attached hydrogens (tertiary/aromatic N) is 2. The molecular formula is C11H13N3O5. The highest BCUT2D eigenvalue weighted by atomic mass is 16.5. The lowest BCUT2D eigenvalue weighted by molar-refractivity contribution is -0.138. The number of amides is 2. The lowest BCUT2D eigenvalue weighted by Gasteiger charge is -2.19. The number of ether oxygens (including phenoxy) is 1. The number of rotatable bonds is 6. The van der Waals surface area contributed by atoms with E-state index < -0.39 is 30.9 Å². The van der Waals surface area contributed by atoms with Gasteiger partial charge in [-0.15, -0.1) is 0 Å². The fourth-order valence-electron chi connectivity index (χ4n) is 1.44. The van der Waals surface area contributed by atoms with Gasteiger partial charge in [0.1, 0.15) is 18.7 Å². The number of carboxylic acid groups (broad SMARTS) is 1. The molecule has 0 atom stereocenters. The van der Waals surface area contributed by atoms with E-state index in [1.54, 1.807) is 0 Å². The average molecular weight is 267 g/mol. The molecule has 0 unspecified atom stereocenters. The number of hydrogen-bond acceptors (Lipinski definition) is 5. The van der Waals surface area contributed by atoms with Gasteiger partial charge in [-0.2, -0.15) is 0 Å². The van der Waals surface area contributed by atoms with E-state index in [9.17, 15) is 14.4 Å². The summed E-state index contributed by atoms with van der Waals surface area (Å²) in [5, 5.41) is 8.73. The van der Waals surface area contributed by atoms with Crippen LogP contribution in [0.4, 0.5) is 0 Å². The van der Waals surface area contributed by atoms with Crippen LogP contribution in [0.5, 0.6) is 5.88 Å². The second kappa shape index (κ2) is 6.34. The lowest BCUT2D eigenvalue weighted by Crippen LogP contribution is -2.41. The monoisotopic (exact) mass is 267 g/mol. The second-order valence-corrected chi connectivity index (χ2v) is 3.58. The highest BCUT2D eigenvalue weighted by molar-refractivity contribution is 5.99. The Bertz CT molecular complexity index is 487. The van der Waals surface area contributed by atoms with Crippen LogP contribution in [0.3, 0.4) is 0 Å². The minimum atomic E-state index is -1.25. The second-order valence-electron chi connectivity index (χ2n) is 3.58. The number of primary amides is 1. The Kier molecular flexibility index (Phi) is 4.81. The number of methoxy groups -OCH3 is 1. The maximum Gasteiger partial charge on any atom is 0.323 e. The lowest BCUT2D eigenvalue weighted by atomic mass is 10.2. The molecule has 0 aliphatic carbocycles. The molecule has 102 valence electrons. The molecule has 1 aromatic heterocycles. The van der Waals surface area contributed by atoms with Gasteiger partial charge < -0.3 is 20.5 Å². The van der Waals surface area contributed by atoms with Crippen LogP contribution < -0.4 is 10.5 Å². The first-order chi connectivity index (χ1) is 8.95. The van der Waals surface area contributed by atoms with Crippen LogP contribution >= 0.6 is 0 Å². The van der Waals surface area contributed by atoms with Crippen molar-refractivity contribution in [3.8, 4) is 5.88 Å². The summed E-state index contributed by atoms with van der Waals surface area (Å²) in [6.45, 7) is -1.14. The van der Waals surface area contributed by atoms with Crippen LogP contribution in [-0.2, 0) is 9.59 Å². The maximum absolute atomic E-state index is 12.1. The summed E-state index contributed by atoms with van der Waals surface area (Å²) in [4.78, 5) is 38.3. The van der Waals surface area contributed by atoms with E-state index in [2.05, 4.69) is 4.98 Å². The third kappa shape index (κ3) is 3.95. The highest BCUT2D eigenvalue weighted by Gasteiger charge is 2.23. The third-order valence-electron chi connectivity index (χ3n) is 2.15. The summed E-state index contributed by atoms with van der Waals surface area (Å²) >= 11 is 0. The van der Waals surface area contributed by atoms with Crippen molar-refractivity contribution in [1.29, 1.82) is 0 Å². The first-order valence-electron chi connectivity index (χ1n) is 5.24. The fourth-order valence-corrected chi connectivity index (χ4v) is 1.44. The molecule has 0 saturated carbocycles. The van der Waals surface area contributed by atoms with Gasteiger partial charge in [0, 0.05) is 6.20 Å². The average Bonchev–Trinajstić information content (AvgIpc) is 2.36. The Morgan fingerprint density at radius 1 is 1.42 bits per heavy atom. The van der Waals surface area contributed by atoms with E-state index in [-0.39, 0.29) is 11.4 Å². The molecule has 0 radical (unpaired) electrons. The molecule has 0 fully saturated rings.